The van der Waals surface area contributed by atoms with Crippen LogP contribution in [0, 0.1) is 19.8 Å². The van der Waals surface area contributed by atoms with Gasteiger partial charge in [-0.2, -0.15) is 5.10 Å². The molecule has 3 heterocycles. The summed E-state index contributed by atoms with van der Waals surface area (Å²) in [5.74, 6) is 1.33. The minimum atomic E-state index is -3.43. The first-order chi connectivity index (χ1) is 13.6. The molecule has 0 N–H and O–H groups in total. The van der Waals surface area contributed by atoms with Crippen LogP contribution in [0.25, 0.3) is 0 Å². The average Bonchev–Trinajstić information content (AvgIpc) is 2.97. The highest BCUT2D eigenvalue weighted by Crippen LogP contribution is 2.32. The van der Waals surface area contributed by atoms with Crippen LogP contribution in [0.3, 0.4) is 0 Å². The maximum Gasteiger partial charge on any atom is 0.227 e. The molecular formula is C19H26ClN5O3S. The maximum atomic E-state index is 12.9. The number of carbonyl (C=O) groups is 1. The van der Waals surface area contributed by atoms with E-state index < -0.39 is 9.84 Å². The summed E-state index contributed by atoms with van der Waals surface area (Å²) in [6.45, 7) is 7.22. The van der Waals surface area contributed by atoms with Crippen molar-refractivity contribution in [2.24, 2.45) is 5.92 Å². The van der Waals surface area contributed by atoms with Crippen molar-refractivity contribution in [3.63, 3.8) is 0 Å². The normalized spacial score (nSPS) is 16.8. The van der Waals surface area contributed by atoms with Crippen molar-refractivity contribution in [3.8, 4) is 0 Å². The van der Waals surface area contributed by atoms with Gasteiger partial charge in [0.2, 0.25) is 5.91 Å². The molecule has 0 aliphatic carbocycles. The van der Waals surface area contributed by atoms with E-state index >= 15 is 0 Å². The van der Waals surface area contributed by atoms with E-state index in [-0.39, 0.29) is 22.6 Å². The summed E-state index contributed by atoms with van der Waals surface area (Å²) in [5, 5.41) is 4.63. The number of pyridine rings is 1. The molecule has 158 valence electrons. The second-order valence-electron chi connectivity index (χ2n) is 7.70. The molecule has 10 heteroatoms. The topological polar surface area (TPSA) is 98.0 Å². The van der Waals surface area contributed by atoms with Gasteiger partial charge in [0.25, 0.3) is 0 Å². The maximum absolute atomic E-state index is 12.9. The highest BCUT2D eigenvalue weighted by atomic mass is 35.5. The van der Waals surface area contributed by atoms with Gasteiger partial charge in [0.1, 0.15) is 11.6 Å². The number of rotatable bonds is 5. The number of likely N-dealkylation sites (tertiary alicyclic amines) is 1. The molecule has 1 unspecified atom stereocenters. The molecular weight excluding hydrogens is 414 g/mol. The van der Waals surface area contributed by atoms with Crippen LogP contribution >= 0.6 is 11.6 Å². The lowest BCUT2D eigenvalue weighted by Crippen LogP contribution is -2.42. The summed E-state index contributed by atoms with van der Waals surface area (Å²) in [7, 11) is -3.43. The lowest BCUT2D eigenvalue weighted by atomic mass is 9.92. The Morgan fingerprint density at radius 1 is 1.31 bits per heavy atom. The Balaban J connectivity index is 1.66. The molecule has 0 saturated carbocycles. The van der Waals surface area contributed by atoms with Crippen LogP contribution in [0.2, 0.25) is 5.02 Å². The largest absolute Gasteiger partial charge is 0.342 e. The Hall–Kier alpha value is -2.00. The first-order valence-corrected chi connectivity index (χ1v) is 11.9. The molecule has 3 rings (SSSR count). The van der Waals surface area contributed by atoms with E-state index in [1.807, 2.05) is 25.7 Å². The molecule has 1 amide bonds. The predicted octanol–water partition coefficient (Wildman–Crippen LogP) is 2.39. The lowest BCUT2D eigenvalue weighted by Gasteiger charge is -2.34. The zero-order valence-electron chi connectivity index (χ0n) is 17.1. The fourth-order valence-corrected chi connectivity index (χ4v) is 4.95. The van der Waals surface area contributed by atoms with Gasteiger partial charge >= 0.3 is 0 Å². The number of hydrogen-bond acceptors (Lipinski definition) is 6. The van der Waals surface area contributed by atoms with Gasteiger partial charge in [-0.05, 0) is 32.8 Å². The van der Waals surface area contributed by atoms with E-state index in [1.165, 1.54) is 12.3 Å². The third kappa shape index (κ3) is 4.95. The fourth-order valence-electron chi connectivity index (χ4n) is 3.79. The average molecular weight is 440 g/mol. The van der Waals surface area contributed by atoms with E-state index in [1.54, 1.807) is 4.68 Å². The van der Waals surface area contributed by atoms with Crippen molar-refractivity contribution in [1.82, 2.24) is 24.6 Å². The van der Waals surface area contributed by atoms with Crippen molar-refractivity contribution in [2.45, 2.75) is 51.0 Å². The highest BCUT2D eigenvalue weighted by Gasteiger charge is 2.30. The van der Waals surface area contributed by atoms with Crippen LogP contribution in [0.1, 0.15) is 43.0 Å². The monoisotopic (exact) mass is 439 g/mol. The Morgan fingerprint density at radius 2 is 1.97 bits per heavy atom. The minimum absolute atomic E-state index is 0.0171. The molecule has 0 spiro atoms. The van der Waals surface area contributed by atoms with Gasteiger partial charge in [0, 0.05) is 31.5 Å². The molecule has 1 aliphatic rings. The van der Waals surface area contributed by atoms with Crippen LogP contribution in [0.15, 0.2) is 17.2 Å². The standard InChI is InChI=1S/C19H26ClN5O3S/c1-12(11-25-14(3)22-13(2)23-25)19(26)24-7-5-15(6-8-24)18-17(29(4,27)28)9-16(20)10-21-18/h9-10,12,15H,5-8,11H2,1-4H3. The quantitative estimate of drug-likeness (QED) is 0.709. The summed E-state index contributed by atoms with van der Waals surface area (Å²) in [4.78, 5) is 23.5. The van der Waals surface area contributed by atoms with Gasteiger partial charge in [-0.3, -0.25) is 9.78 Å². The number of aryl methyl sites for hydroxylation is 2. The summed E-state index contributed by atoms with van der Waals surface area (Å²) < 4.78 is 26.0. The first kappa shape index (κ1) is 21.7. The molecule has 2 aromatic rings. The van der Waals surface area contributed by atoms with Gasteiger partial charge in [-0.1, -0.05) is 18.5 Å². The Morgan fingerprint density at radius 3 is 2.52 bits per heavy atom. The van der Waals surface area contributed by atoms with Crippen LogP contribution in [-0.4, -0.2) is 58.3 Å². The third-order valence-electron chi connectivity index (χ3n) is 5.27. The fraction of sp³-hybridized carbons (Fsp3) is 0.579. The zero-order chi connectivity index (χ0) is 21.3. The first-order valence-electron chi connectivity index (χ1n) is 9.58. The van der Waals surface area contributed by atoms with Crippen molar-refractivity contribution in [1.29, 1.82) is 0 Å². The summed E-state index contributed by atoms with van der Waals surface area (Å²) in [6.07, 6.45) is 3.97. The van der Waals surface area contributed by atoms with Crippen molar-refractivity contribution in [3.05, 3.63) is 34.6 Å². The number of amides is 1. The van der Waals surface area contributed by atoms with Gasteiger partial charge in [-0.15, -0.1) is 0 Å². The molecule has 0 radical (unpaired) electrons. The van der Waals surface area contributed by atoms with Crippen LogP contribution in [0.5, 0.6) is 0 Å². The number of sulfone groups is 1. The molecule has 8 nitrogen and oxygen atoms in total. The molecule has 2 aromatic heterocycles. The van der Waals surface area contributed by atoms with Crippen LogP contribution in [0.4, 0.5) is 0 Å². The second kappa shape index (κ2) is 8.39. The Kier molecular flexibility index (Phi) is 6.28. The number of hydrogen-bond donors (Lipinski definition) is 0. The van der Waals surface area contributed by atoms with Crippen LogP contribution < -0.4 is 0 Å². The molecule has 1 fully saturated rings. The molecule has 1 atom stereocenters. The molecule has 1 saturated heterocycles. The predicted molar refractivity (Wildman–Crippen MR) is 110 cm³/mol. The Bertz CT molecular complexity index is 1010. The lowest BCUT2D eigenvalue weighted by molar-refractivity contribution is -0.136. The van der Waals surface area contributed by atoms with Crippen molar-refractivity contribution < 1.29 is 13.2 Å². The minimum Gasteiger partial charge on any atom is -0.342 e. The number of nitrogens with zero attached hydrogens (tertiary/aromatic N) is 5. The van der Waals surface area contributed by atoms with E-state index in [4.69, 9.17) is 11.6 Å². The molecule has 29 heavy (non-hydrogen) atoms. The number of carbonyl (C=O) groups excluding carboxylic acids is 1. The van der Waals surface area contributed by atoms with Crippen molar-refractivity contribution >= 4 is 27.3 Å². The van der Waals surface area contributed by atoms with E-state index in [0.29, 0.717) is 49.0 Å². The van der Waals surface area contributed by atoms with E-state index in [9.17, 15) is 13.2 Å². The third-order valence-corrected chi connectivity index (χ3v) is 6.60. The summed E-state index contributed by atoms with van der Waals surface area (Å²) >= 11 is 5.95. The molecule has 0 bridgehead atoms. The zero-order valence-corrected chi connectivity index (χ0v) is 18.7. The number of halogens is 1. The van der Waals surface area contributed by atoms with Gasteiger partial charge < -0.3 is 4.90 Å². The van der Waals surface area contributed by atoms with Gasteiger partial charge in [-0.25, -0.2) is 18.1 Å². The number of aromatic nitrogens is 4. The van der Waals surface area contributed by atoms with E-state index in [0.717, 1.165) is 12.1 Å². The van der Waals surface area contributed by atoms with Crippen molar-refractivity contribution in [2.75, 3.05) is 19.3 Å². The molecule has 0 aromatic carbocycles. The van der Waals surface area contributed by atoms with E-state index in [2.05, 4.69) is 15.1 Å². The molecule has 1 aliphatic heterocycles. The van der Waals surface area contributed by atoms with Crippen LogP contribution in [-0.2, 0) is 21.2 Å². The second-order valence-corrected chi connectivity index (χ2v) is 10.1. The smallest absolute Gasteiger partial charge is 0.227 e. The highest BCUT2D eigenvalue weighted by molar-refractivity contribution is 7.90. The SMILES string of the molecule is Cc1nc(C)n(CC(C)C(=O)N2CCC(c3ncc(Cl)cc3S(C)(=O)=O)CC2)n1. The summed E-state index contributed by atoms with van der Waals surface area (Å²) in [5.41, 5.74) is 0.547. The summed E-state index contributed by atoms with van der Waals surface area (Å²) in [6, 6.07) is 1.46. The Labute approximate surface area is 176 Å². The number of piperidine rings is 1. The van der Waals surface area contributed by atoms with Gasteiger partial charge in [0.15, 0.2) is 9.84 Å². The van der Waals surface area contributed by atoms with Gasteiger partial charge in [0.05, 0.1) is 28.1 Å².